The number of ether oxygens (including phenoxy) is 3. The Morgan fingerprint density at radius 1 is 1.22 bits per heavy atom. The molecule has 7 heteroatoms. The first kappa shape index (κ1) is 14.3. The molecule has 0 aliphatic carbocycles. The van der Waals surface area contributed by atoms with Gasteiger partial charge in [-0.1, -0.05) is 0 Å². The molecule has 102 valence electrons. The number of rotatable bonds is 2. The van der Waals surface area contributed by atoms with Crippen molar-refractivity contribution < 1.29 is 28.6 Å². The first-order valence-electron chi connectivity index (χ1n) is 5.55. The quantitative estimate of drug-likeness (QED) is 0.558. The SMILES string of the molecule is COC(=O)N[C@H]1[C@H](C(=O)OC)[C@@H](C)OC(=O)[C@@H]1C. The van der Waals surface area contributed by atoms with E-state index in [2.05, 4.69) is 14.8 Å². The summed E-state index contributed by atoms with van der Waals surface area (Å²) in [6.45, 7) is 3.15. The Hall–Kier alpha value is -1.79. The maximum atomic E-state index is 11.7. The van der Waals surface area contributed by atoms with Crippen LogP contribution in [0.25, 0.3) is 0 Å². The van der Waals surface area contributed by atoms with Gasteiger partial charge >= 0.3 is 18.0 Å². The van der Waals surface area contributed by atoms with Gasteiger partial charge in [0.15, 0.2) is 0 Å². The summed E-state index contributed by atoms with van der Waals surface area (Å²) < 4.78 is 14.2. The fourth-order valence-corrected chi connectivity index (χ4v) is 2.00. The van der Waals surface area contributed by atoms with Crippen molar-refractivity contribution in [1.82, 2.24) is 5.32 Å². The Morgan fingerprint density at radius 3 is 2.33 bits per heavy atom. The fraction of sp³-hybridized carbons (Fsp3) is 0.727. The minimum atomic E-state index is -0.748. The van der Waals surface area contributed by atoms with Crippen LogP contribution in [0.2, 0.25) is 0 Å². The topological polar surface area (TPSA) is 90.9 Å². The molecule has 1 aliphatic rings. The number of amides is 1. The van der Waals surface area contributed by atoms with E-state index < -0.39 is 42.0 Å². The van der Waals surface area contributed by atoms with E-state index in [0.29, 0.717) is 0 Å². The third kappa shape index (κ3) is 2.72. The number of hydrogen-bond donors (Lipinski definition) is 1. The molecule has 0 saturated carbocycles. The third-order valence-corrected chi connectivity index (χ3v) is 3.05. The zero-order valence-corrected chi connectivity index (χ0v) is 10.8. The van der Waals surface area contributed by atoms with Gasteiger partial charge in [0.25, 0.3) is 0 Å². The van der Waals surface area contributed by atoms with E-state index in [9.17, 15) is 14.4 Å². The molecular formula is C11H17NO6. The van der Waals surface area contributed by atoms with Crippen LogP contribution in [-0.2, 0) is 23.8 Å². The summed E-state index contributed by atoms with van der Waals surface area (Å²) in [5, 5.41) is 2.48. The molecule has 1 rings (SSSR count). The molecule has 0 aromatic rings. The molecule has 0 bridgehead atoms. The Bertz CT molecular complexity index is 355. The van der Waals surface area contributed by atoms with Gasteiger partial charge in [0, 0.05) is 0 Å². The summed E-state index contributed by atoms with van der Waals surface area (Å²) in [6, 6.07) is -0.707. The zero-order valence-electron chi connectivity index (χ0n) is 10.8. The van der Waals surface area contributed by atoms with Crippen molar-refractivity contribution in [1.29, 1.82) is 0 Å². The highest BCUT2D eigenvalue weighted by Gasteiger charge is 2.47. The average Bonchev–Trinajstić information content (AvgIpc) is 2.34. The summed E-state index contributed by atoms with van der Waals surface area (Å²) >= 11 is 0. The number of alkyl carbamates (subject to hydrolysis) is 1. The van der Waals surface area contributed by atoms with E-state index >= 15 is 0 Å². The van der Waals surface area contributed by atoms with Gasteiger partial charge in [0.1, 0.15) is 12.0 Å². The number of esters is 2. The second-order valence-electron chi connectivity index (χ2n) is 4.14. The minimum Gasteiger partial charge on any atom is -0.469 e. The summed E-state index contributed by atoms with van der Waals surface area (Å²) in [5.74, 6) is -2.40. The largest absolute Gasteiger partial charge is 0.469 e. The third-order valence-electron chi connectivity index (χ3n) is 3.05. The molecule has 0 aromatic heterocycles. The van der Waals surface area contributed by atoms with E-state index in [4.69, 9.17) is 4.74 Å². The lowest BCUT2D eigenvalue weighted by molar-refractivity contribution is -0.174. The van der Waals surface area contributed by atoms with Crippen LogP contribution >= 0.6 is 0 Å². The number of carbonyl (C=O) groups excluding carboxylic acids is 3. The van der Waals surface area contributed by atoms with E-state index in [1.54, 1.807) is 13.8 Å². The average molecular weight is 259 g/mol. The number of nitrogens with one attached hydrogen (secondary N) is 1. The summed E-state index contributed by atoms with van der Waals surface area (Å²) in [6.07, 6.45) is -1.37. The van der Waals surface area contributed by atoms with E-state index in [-0.39, 0.29) is 0 Å². The van der Waals surface area contributed by atoms with Gasteiger partial charge in [0.2, 0.25) is 0 Å². The van der Waals surface area contributed by atoms with Gasteiger partial charge in [-0.05, 0) is 13.8 Å². The van der Waals surface area contributed by atoms with Crippen LogP contribution in [-0.4, -0.2) is 44.4 Å². The molecule has 1 saturated heterocycles. The maximum Gasteiger partial charge on any atom is 0.407 e. The highest BCUT2D eigenvalue weighted by atomic mass is 16.6. The van der Waals surface area contributed by atoms with Crippen molar-refractivity contribution in [2.45, 2.75) is 26.0 Å². The van der Waals surface area contributed by atoms with E-state index in [1.807, 2.05) is 0 Å². The van der Waals surface area contributed by atoms with Crippen LogP contribution in [0.3, 0.4) is 0 Å². The molecule has 1 amide bonds. The van der Waals surface area contributed by atoms with Crippen molar-refractivity contribution in [2.24, 2.45) is 11.8 Å². The van der Waals surface area contributed by atoms with Crippen molar-refractivity contribution in [2.75, 3.05) is 14.2 Å². The predicted molar refractivity (Wildman–Crippen MR) is 59.6 cm³/mol. The summed E-state index contributed by atoms with van der Waals surface area (Å²) in [7, 11) is 2.45. The second-order valence-corrected chi connectivity index (χ2v) is 4.14. The lowest BCUT2D eigenvalue weighted by Crippen LogP contribution is -2.57. The normalized spacial score (nSPS) is 31.2. The molecule has 0 unspecified atom stereocenters. The minimum absolute atomic E-state index is 0.468. The van der Waals surface area contributed by atoms with Gasteiger partial charge in [0.05, 0.1) is 26.2 Å². The van der Waals surface area contributed by atoms with Crippen molar-refractivity contribution >= 4 is 18.0 Å². The van der Waals surface area contributed by atoms with Crippen molar-refractivity contribution in [3.8, 4) is 0 Å². The Labute approximate surface area is 105 Å². The number of carbonyl (C=O) groups is 3. The molecule has 1 heterocycles. The van der Waals surface area contributed by atoms with Gasteiger partial charge in [-0.15, -0.1) is 0 Å². The van der Waals surface area contributed by atoms with Crippen LogP contribution in [0.15, 0.2) is 0 Å². The molecule has 1 fully saturated rings. The second kappa shape index (κ2) is 5.70. The molecule has 0 spiro atoms. The Kier molecular flexibility index (Phi) is 4.52. The van der Waals surface area contributed by atoms with Crippen LogP contribution in [0.4, 0.5) is 4.79 Å². The lowest BCUT2D eigenvalue weighted by Gasteiger charge is -2.37. The zero-order chi connectivity index (χ0) is 13.9. The van der Waals surface area contributed by atoms with Gasteiger partial charge in [-0.25, -0.2) is 4.79 Å². The molecule has 1 aliphatic heterocycles. The molecule has 18 heavy (non-hydrogen) atoms. The summed E-state index contributed by atoms with van der Waals surface area (Å²) in [4.78, 5) is 34.5. The van der Waals surface area contributed by atoms with E-state index in [1.165, 1.54) is 14.2 Å². The Balaban J connectivity index is 2.96. The highest BCUT2D eigenvalue weighted by molar-refractivity contribution is 5.82. The molecule has 7 nitrogen and oxygen atoms in total. The number of methoxy groups -OCH3 is 2. The molecule has 0 radical (unpaired) electrons. The lowest BCUT2D eigenvalue weighted by atomic mass is 9.83. The monoisotopic (exact) mass is 259 g/mol. The number of cyclic esters (lactones) is 1. The van der Waals surface area contributed by atoms with Gasteiger partial charge < -0.3 is 19.5 Å². The van der Waals surface area contributed by atoms with Gasteiger partial charge in [-0.2, -0.15) is 0 Å². The standard InChI is InChI=1S/C11H17NO6/c1-5-8(12-11(15)17-4)7(10(14)16-3)6(2)18-9(5)13/h5-8H,1-4H3,(H,12,15)/t5-,6-,7-,8-/m1/s1. The predicted octanol–water partition coefficient (Wildman–Crippen LogP) is 0.0816. The summed E-state index contributed by atoms with van der Waals surface area (Å²) in [5.41, 5.74) is 0. The maximum absolute atomic E-state index is 11.7. The molecular weight excluding hydrogens is 242 g/mol. The number of hydrogen-bond acceptors (Lipinski definition) is 6. The molecule has 0 aromatic carbocycles. The van der Waals surface area contributed by atoms with Crippen LogP contribution in [0.5, 0.6) is 0 Å². The van der Waals surface area contributed by atoms with Crippen molar-refractivity contribution in [3.63, 3.8) is 0 Å². The van der Waals surface area contributed by atoms with Crippen LogP contribution in [0, 0.1) is 11.8 Å². The first-order valence-corrected chi connectivity index (χ1v) is 5.55. The fourth-order valence-electron chi connectivity index (χ4n) is 2.00. The highest BCUT2D eigenvalue weighted by Crippen LogP contribution is 2.27. The smallest absolute Gasteiger partial charge is 0.407 e. The molecule has 1 N–H and O–H groups in total. The van der Waals surface area contributed by atoms with E-state index in [0.717, 1.165) is 0 Å². The van der Waals surface area contributed by atoms with Crippen molar-refractivity contribution in [3.05, 3.63) is 0 Å². The Morgan fingerprint density at radius 2 is 1.83 bits per heavy atom. The van der Waals surface area contributed by atoms with Crippen LogP contribution in [0.1, 0.15) is 13.8 Å². The molecule has 4 atom stereocenters. The van der Waals surface area contributed by atoms with Crippen LogP contribution < -0.4 is 5.32 Å². The first-order chi connectivity index (χ1) is 8.42. The van der Waals surface area contributed by atoms with Gasteiger partial charge in [-0.3, -0.25) is 9.59 Å².